The van der Waals surface area contributed by atoms with Gasteiger partial charge < -0.3 is 5.32 Å². The van der Waals surface area contributed by atoms with Gasteiger partial charge in [-0.2, -0.15) is 0 Å². The molecule has 6 heteroatoms. The molecule has 1 N–H and O–H groups in total. The van der Waals surface area contributed by atoms with Crippen LogP contribution >= 0.6 is 34.2 Å². The number of amides is 1. The highest BCUT2D eigenvalue weighted by atomic mass is 127. The Balaban J connectivity index is 2.25. The number of hydrogen-bond acceptors (Lipinski definition) is 2. The van der Waals surface area contributed by atoms with Crippen molar-refractivity contribution in [1.82, 2.24) is 4.98 Å². The number of nitrogens with one attached hydrogen (secondary N) is 1. The molecule has 0 saturated carbocycles. The van der Waals surface area contributed by atoms with E-state index in [-0.39, 0.29) is 17.5 Å². The minimum atomic E-state index is -0.383. The van der Waals surface area contributed by atoms with E-state index in [1.165, 1.54) is 24.4 Å². The van der Waals surface area contributed by atoms with Crippen molar-refractivity contribution in [3.63, 3.8) is 0 Å². The van der Waals surface area contributed by atoms with Gasteiger partial charge in [0.1, 0.15) is 5.82 Å². The average molecular weight is 377 g/mol. The van der Waals surface area contributed by atoms with Gasteiger partial charge in [0.15, 0.2) is 5.82 Å². The van der Waals surface area contributed by atoms with Crippen molar-refractivity contribution in [2.45, 2.75) is 0 Å². The number of nitrogens with zero attached hydrogens (tertiary/aromatic N) is 1. The van der Waals surface area contributed by atoms with Crippen molar-refractivity contribution in [2.24, 2.45) is 0 Å². The molecule has 18 heavy (non-hydrogen) atoms. The molecule has 2 aromatic rings. The van der Waals surface area contributed by atoms with Crippen molar-refractivity contribution >= 4 is 45.9 Å². The quantitative estimate of drug-likeness (QED) is 0.812. The summed E-state index contributed by atoms with van der Waals surface area (Å²) in [5.74, 6) is -0.476. The first-order chi connectivity index (χ1) is 8.58. The van der Waals surface area contributed by atoms with E-state index in [1.54, 1.807) is 12.1 Å². The van der Waals surface area contributed by atoms with Crippen LogP contribution in [0.5, 0.6) is 0 Å². The summed E-state index contributed by atoms with van der Waals surface area (Å²) >= 11 is 7.78. The summed E-state index contributed by atoms with van der Waals surface area (Å²) in [5.41, 5.74) is 0.374. The van der Waals surface area contributed by atoms with Gasteiger partial charge in [0.2, 0.25) is 0 Å². The second-order valence-electron chi connectivity index (χ2n) is 3.41. The Bertz CT molecular complexity index is 606. The lowest BCUT2D eigenvalue weighted by atomic mass is 10.2. The SMILES string of the molecule is O=C(Nc1ncccc1Cl)c1ccc(F)cc1I. The lowest BCUT2D eigenvalue weighted by Crippen LogP contribution is -2.14. The van der Waals surface area contributed by atoms with Crippen molar-refractivity contribution in [3.8, 4) is 0 Å². The topological polar surface area (TPSA) is 42.0 Å². The number of hydrogen-bond donors (Lipinski definition) is 1. The van der Waals surface area contributed by atoms with E-state index in [2.05, 4.69) is 10.3 Å². The molecule has 1 aromatic heterocycles. The Morgan fingerprint density at radius 1 is 1.39 bits per heavy atom. The molecule has 1 heterocycles. The molecule has 3 nitrogen and oxygen atoms in total. The third-order valence-corrected chi connectivity index (χ3v) is 3.36. The van der Waals surface area contributed by atoms with Crippen molar-refractivity contribution in [2.75, 3.05) is 5.32 Å². The van der Waals surface area contributed by atoms with Crippen molar-refractivity contribution in [1.29, 1.82) is 0 Å². The third kappa shape index (κ3) is 2.97. The molecule has 0 aliphatic rings. The maximum absolute atomic E-state index is 12.9. The van der Waals surface area contributed by atoms with Crippen LogP contribution in [0.3, 0.4) is 0 Å². The van der Waals surface area contributed by atoms with E-state index in [0.717, 1.165) is 0 Å². The zero-order chi connectivity index (χ0) is 13.1. The normalized spacial score (nSPS) is 10.2. The molecule has 0 aliphatic carbocycles. The summed E-state index contributed by atoms with van der Waals surface area (Å²) in [4.78, 5) is 15.9. The third-order valence-electron chi connectivity index (χ3n) is 2.17. The molecule has 0 unspecified atom stereocenters. The molecular weight excluding hydrogens is 369 g/mol. The number of rotatable bonds is 2. The first kappa shape index (κ1) is 13.2. The molecule has 0 radical (unpaired) electrons. The van der Waals surface area contributed by atoms with E-state index in [4.69, 9.17) is 11.6 Å². The average Bonchev–Trinajstić information content (AvgIpc) is 2.32. The highest BCUT2D eigenvalue weighted by Gasteiger charge is 2.12. The summed E-state index contributed by atoms with van der Waals surface area (Å²) in [6.45, 7) is 0. The van der Waals surface area contributed by atoms with Crippen LogP contribution in [0.4, 0.5) is 10.2 Å². The van der Waals surface area contributed by atoms with Gasteiger partial charge in [-0.15, -0.1) is 0 Å². The standard InChI is InChI=1S/C12H7ClFIN2O/c13-9-2-1-5-16-11(9)17-12(18)8-4-3-7(14)6-10(8)15/h1-6H,(H,16,17,18). The van der Waals surface area contributed by atoms with Crippen LogP contribution in [0.15, 0.2) is 36.5 Å². The minimum absolute atomic E-state index is 0.282. The van der Waals surface area contributed by atoms with E-state index >= 15 is 0 Å². The lowest BCUT2D eigenvalue weighted by molar-refractivity contribution is 0.102. The van der Waals surface area contributed by atoms with Gasteiger partial charge >= 0.3 is 0 Å². The number of aromatic nitrogens is 1. The van der Waals surface area contributed by atoms with Gasteiger partial charge in [-0.3, -0.25) is 4.79 Å². The van der Waals surface area contributed by atoms with E-state index in [0.29, 0.717) is 14.2 Å². The molecule has 1 aromatic carbocycles. The molecule has 0 fully saturated rings. The van der Waals surface area contributed by atoms with Crippen molar-refractivity contribution in [3.05, 3.63) is 56.5 Å². The van der Waals surface area contributed by atoms with Gasteiger partial charge in [0.05, 0.1) is 10.6 Å². The zero-order valence-corrected chi connectivity index (χ0v) is 11.9. The summed E-state index contributed by atoms with van der Waals surface area (Å²) in [6.07, 6.45) is 1.52. The van der Waals surface area contributed by atoms with E-state index < -0.39 is 0 Å². The number of benzene rings is 1. The first-order valence-electron chi connectivity index (χ1n) is 4.95. The van der Waals surface area contributed by atoms with Crippen LogP contribution in [0.2, 0.25) is 5.02 Å². The van der Waals surface area contributed by atoms with Gasteiger partial charge in [-0.25, -0.2) is 9.37 Å². The fourth-order valence-electron chi connectivity index (χ4n) is 1.33. The van der Waals surface area contributed by atoms with Crippen LogP contribution in [-0.4, -0.2) is 10.9 Å². The van der Waals surface area contributed by atoms with Gasteiger partial charge in [-0.1, -0.05) is 11.6 Å². The molecule has 2 rings (SSSR count). The molecule has 0 saturated heterocycles. The molecular formula is C12H7ClFIN2O. The number of anilines is 1. The predicted octanol–water partition coefficient (Wildman–Crippen LogP) is 3.73. The summed E-state index contributed by atoms with van der Waals surface area (Å²) in [6, 6.07) is 7.23. The van der Waals surface area contributed by atoms with E-state index in [9.17, 15) is 9.18 Å². The zero-order valence-electron chi connectivity index (χ0n) is 8.95. The fourth-order valence-corrected chi connectivity index (χ4v) is 2.22. The number of halogens is 3. The summed E-state index contributed by atoms with van der Waals surface area (Å²) in [5, 5.41) is 2.93. The van der Waals surface area contributed by atoms with Gasteiger partial charge in [-0.05, 0) is 52.9 Å². The second-order valence-corrected chi connectivity index (χ2v) is 4.98. The van der Waals surface area contributed by atoms with Crippen molar-refractivity contribution < 1.29 is 9.18 Å². The number of carbonyl (C=O) groups is 1. The highest BCUT2D eigenvalue weighted by molar-refractivity contribution is 14.1. The highest BCUT2D eigenvalue weighted by Crippen LogP contribution is 2.20. The fraction of sp³-hybridized carbons (Fsp3) is 0. The Labute approximate surface area is 122 Å². The number of carbonyl (C=O) groups excluding carboxylic acids is 1. The van der Waals surface area contributed by atoms with Crippen LogP contribution in [-0.2, 0) is 0 Å². The Morgan fingerprint density at radius 3 is 2.83 bits per heavy atom. The molecule has 0 aliphatic heterocycles. The summed E-state index contributed by atoms with van der Waals surface area (Å²) in [7, 11) is 0. The van der Waals surface area contributed by atoms with Crippen LogP contribution < -0.4 is 5.32 Å². The van der Waals surface area contributed by atoms with Gasteiger partial charge in [0, 0.05) is 9.77 Å². The van der Waals surface area contributed by atoms with Crippen LogP contribution in [0.25, 0.3) is 0 Å². The lowest BCUT2D eigenvalue weighted by Gasteiger charge is -2.07. The monoisotopic (exact) mass is 376 g/mol. The molecule has 0 spiro atoms. The Hall–Kier alpha value is -1.21. The van der Waals surface area contributed by atoms with Gasteiger partial charge in [0.25, 0.3) is 5.91 Å². The molecule has 0 bridgehead atoms. The number of pyridine rings is 1. The summed E-state index contributed by atoms with van der Waals surface area (Å²) < 4.78 is 13.5. The maximum Gasteiger partial charge on any atom is 0.257 e. The predicted molar refractivity (Wildman–Crippen MR) is 76.3 cm³/mol. The Morgan fingerprint density at radius 2 is 2.17 bits per heavy atom. The first-order valence-corrected chi connectivity index (χ1v) is 6.40. The van der Waals surface area contributed by atoms with E-state index in [1.807, 2.05) is 22.6 Å². The molecule has 1 amide bonds. The second kappa shape index (κ2) is 5.62. The largest absolute Gasteiger partial charge is 0.305 e. The maximum atomic E-state index is 12.9. The van der Waals surface area contributed by atoms with Crippen LogP contribution in [0.1, 0.15) is 10.4 Å². The van der Waals surface area contributed by atoms with Crippen LogP contribution in [0, 0.1) is 9.39 Å². The Kier molecular flexibility index (Phi) is 4.13. The molecule has 0 atom stereocenters. The minimum Gasteiger partial charge on any atom is -0.305 e. The smallest absolute Gasteiger partial charge is 0.257 e. The molecule has 92 valence electrons.